The maximum atomic E-state index is 11.5. The van der Waals surface area contributed by atoms with Crippen LogP contribution in [0.2, 0.25) is 0 Å². The van der Waals surface area contributed by atoms with Gasteiger partial charge in [0.15, 0.2) is 5.96 Å². The molecule has 0 saturated heterocycles. The van der Waals surface area contributed by atoms with Gasteiger partial charge in [0, 0.05) is 25.8 Å². The highest BCUT2D eigenvalue weighted by atomic mass is 16.1. The number of nitrogens with two attached hydrogens (primary N) is 1. The van der Waals surface area contributed by atoms with Crippen LogP contribution in [-0.4, -0.2) is 41.7 Å². The first-order valence-electron chi connectivity index (χ1n) is 5.91. The number of amides is 1. The summed E-state index contributed by atoms with van der Waals surface area (Å²) >= 11 is 0. The Morgan fingerprint density at radius 1 is 1.50 bits per heavy atom. The molecule has 0 radical (unpaired) electrons. The summed E-state index contributed by atoms with van der Waals surface area (Å²) < 4.78 is 0. The Morgan fingerprint density at radius 2 is 2.22 bits per heavy atom. The van der Waals surface area contributed by atoms with Gasteiger partial charge in [-0.05, 0) is 12.0 Å². The minimum Gasteiger partial charge on any atom is -0.370 e. The highest BCUT2D eigenvalue weighted by molar-refractivity contribution is 5.92. The molecule has 1 aromatic heterocycles. The van der Waals surface area contributed by atoms with E-state index in [9.17, 15) is 4.79 Å². The van der Waals surface area contributed by atoms with Gasteiger partial charge in [-0.2, -0.15) is 5.10 Å². The average molecular weight is 252 g/mol. The smallest absolute Gasteiger partial charge is 0.269 e. The van der Waals surface area contributed by atoms with E-state index in [1.54, 1.807) is 6.07 Å². The van der Waals surface area contributed by atoms with Crippen molar-refractivity contribution in [3.05, 3.63) is 18.0 Å². The largest absolute Gasteiger partial charge is 0.370 e. The van der Waals surface area contributed by atoms with Gasteiger partial charge in [-0.25, -0.2) is 0 Å². The zero-order chi connectivity index (χ0) is 13.4. The number of nitrogens with one attached hydrogen (secondary N) is 3. The maximum absolute atomic E-state index is 11.5. The average Bonchev–Trinajstić information content (AvgIpc) is 2.85. The van der Waals surface area contributed by atoms with Gasteiger partial charge in [0.2, 0.25) is 0 Å². The molecule has 0 spiro atoms. The topological polar surface area (TPSA) is 108 Å². The summed E-state index contributed by atoms with van der Waals surface area (Å²) in [6.07, 6.45) is 1.53. The molecule has 0 aliphatic carbocycles. The van der Waals surface area contributed by atoms with Crippen LogP contribution in [0.3, 0.4) is 0 Å². The monoisotopic (exact) mass is 252 g/mol. The second-order valence-electron chi connectivity index (χ2n) is 4.27. The normalized spacial score (nSPS) is 11.6. The standard InChI is InChI=1S/C11H20N6O/c1-8(2)7-15-11(12)14-6-5-13-10(18)9-3-4-16-17-9/h3-4,8H,5-7H2,1-2H3,(H,13,18)(H,16,17)(H3,12,14,15). The molecule has 0 aliphatic heterocycles. The van der Waals surface area contributed by atoms with Crippen LogP contribution in [-0.2, 0) is 0 Å². The summed E-state index contributed by atoms with van der Waals surface area (Å²) in [4.78, 5) is 15.6. The molecule has 1 aromatic rings. The number of rotatable bonds is 6. The quantitative estimate of drug-likeness (QED) is 0.316. The number of aromatic amines is 1. The molecule has 7 nitrogen and oxygen atoms in total. The first-order valence-corrected chi connectivity index (χ1v) is 5.91. The number of aliphatic imine (C=N–C) groups is 1. The van der Waals surface area contributed by atoms with Gasteiger partial charge in [-0.3, -0.25) is 14.9 Å². The minimum atomic E-state index is -0.188. The molecule has 0 bridgehead atoms. The fraction of sp³-hybridized carbons (Fsp3) is 0.545. The fourth-order valence-electron chi connectivity index (χ4n) is 1.18. The van der Waals surface area contributed by atoms with Crippen molar-refractivity contribution in [2.75, 3.05) is 19.6 Å². The number of nitrogens with zero attached hydrogens (tertiary/aromatic N) is 2. The third kappa shape index (κ3) is 5.33. The maximum Gasteiger partial charge on any atom is 0.269 e. The van der Waals surface area contributed by atoms with E-state index in [0.29, 0.717) is 37.2 Å². The van der Waals surface area contributed by atoms with Crippen LogP contribution in [0.1, 0.15) is 24.3 Å². The van der Waals surface area contributed by atoms with Crippen LogP contribution < -0.4 is 16.4 Å². The molecular formula is C11H20N6O. The first kappa shape index (κ1) is 14.0. The van der Waals surface area contributed by atoms with Crippen LogP contribution in [0.25, 0.3) is 0 Å². The van der Waals surface area contributed by atoms with Gasteiger partial charge in [0.05, 0.1) is 0 Å². The van der Waals surface area contributed by atoms with Crippen molar-refractivity contribution in [3.8, 4) is 0 Å². The molecule has 0 saturated carbocycles. The van der Waals surface area contributed by atoms with Crippen LogP contribution >= 0.6 is 0 Å². The van der Waals surface area contributed by atoms with Crippen LogP contribution in [0.4, 0.5) is 0 Å². The van der Waals surface area contributed by atoms with Gasteiger partial charge >= 0.3 is 0 Å². The summed E-state index contributed by atoms with van der Waals surface area (Å²) in [5, 5.41) is 11.9. The van der Waals surface area contributed by atoms with E-state index >= 15 is 0 Å². The van der Waals surface area contributed by atoms with Crippen molar-refractivity contribution in [2.24, 2.45) is 16.6 Å². The second-order valence-corrected chi connectivity index (χ2v) is 4.27. The van der Waals surface area contributed by atoms with Crippen molar-refractivity contribution in [3.63, 3.8) is 0 Å². The van der Waals surface area contributed by atoms with Crippen LogP contribution in [0.5, 0.6) is 0 Å². The van der Waals surface area contributed by atoms with Gasteiger partial charge < -0.3 is 16.4 Å². The zero-order valence-electron chi connectivity index (χ0n) is 10.7. The number of aromatic nitrogens is 2. The van der Waals surface area contributed by atoms with E-state index in [0.717, 1.165) is 0 Å². The molecule has 0 unspecified atom stereocenters. The summed E-state index contributed by atoms with van der Waals surface area (Å²) in [5.74, 6) is 0.692. The molecule has 18 heavy (non-hydrogen) atoms. The summed E-state index contributed by atoms with van der Waals surface area (Å²) in [6.45, 7) is 5.84. The van der Waals surface area contributed by atoms with Crippen LogP contribution in [0, 0.1) is 5.92 Å². The second kappa shape index (κ2) is 7.31. The lowest BCUT2D eigenvalue weighted by atomic mass is 10.2. The van der Waals surface area contributed by atoms with Crippen molar-refractivity contribution in [2.45, 2.75) is 13.8 Å². The Balaban J connectivity index is 2.15. The van der Waals surface area contributed by atoms with E-state index in [2.05, 4.69) is 39.7 Å². The molecule has 1 amide bonds. The van der Waals surface area contributed by atoms with E-state index in [1.165, 1.54) is 6.20 Å². The van der Waals surface area contributed by atoms with Crippen molar-refractivity contribution >= 4 is 11.9 Å². The van der Waals surface area contributed by atoms with Crippen LogP contribution in [0.15, 0.2) is 17.3 Å². The number of carbonyl (C=O) groups excluding carboxylic acids is 1. The van der Waals surface area contributed by atoms with Crippen molar-refractivity contribution < 1.29 is 4.79 Å². The number of carbonyl (C=O) groups is 1. The first-order chi connectivity index (χ1) is 8.59. The third-order valence-electron chi connectivity index (χ3n) is 2.09. The molecule has 0 atom stereocenters. The molecule has 1 heterocycles. The Morgan fingerprint density at radius 3 is 2.83 bits per heavy atom. The molecule has 1 rings (SSSR count). The van der Waals surface area contributed by atoms with Crippen molar-refractivity contribution in [1.82, 2.24) is 20.8 Å². The highest BCUT2D eigenvalue weighted by Crippen LogP contribution is 1.90. The van der Waals surface area contributed by atoms with Gasteiger partial charge in [-0.15, -0.1) is 0 Å². The van der Waals surface area contributed by atoms with Gasteiger partial charge in [0.1, 0.15) is 5.69 Å². The van der Waals surface area contributed by atoms with E-state index in [4.69, 9.17) is 5.73 Å². The van der Waals surface area contributed by atoms with Gasteiger partial charge in [0.25, 0.3) is 5.91 Å². The van der Waals surface area contributed by atoms with E-state index in [1.807, 2.05) is 0 Å². The molecule has 5 N–H and O–H groups in total. The lowest BCUT2D eigenvalue weighted by molar-refractivity contribution is 0.0949. The fourth-order valence-corrected chi connectivity index (χ4v) is 1.18. The highest BCUT2D eigenvalue weighted by Gasteiger charge is 2.04. The molecular weight excluding hydrogens is 232 g/mol. The SMILES string of the molecule is CC(C)CN=C(N)NCCNC(=O)c1ccn[nH]1. The van der Waals surface area contributed by atoms with E-state index in [-0.39, 0.29) is 5.91 Å². The molecule has 0 fully saturated rings. The zero-order valence-corrected chi connectivity index (χ0v) is 10.7. The lowest BCUT2D eigenvalue weighted by Gasteiger charge is -2.07. The van der Waals surface area contributed by atoms with Gasteiger partial charge in [-0.1, -0.05) is 13.8 Å². The molecule has 7 heteroatoms. The summed E-state index contributed by atoms with van der Waals surface area (Å²) in [5.41, 5.74) is 6.08. The van der Waals surface area contributed by atoms with E-state index < -0.39 is 0 Å². The Bertz CT molecular complexity index is 384. The molecule has 100 valence electrons. The Kier molecular flexibility index (Phi) is 5.69. The Labute approximate surface area is 106 Å². The number of H-pyrrole nitrogens is 1. The lowest BCUT2D eigenvalue weighted by Crippen LogP contribution is -2.38. The third-order valence-corrected chi connectivity index (χ3v) is 2.09. The summed E-state index contributed by atoms with van der Waals surface area (Å²) in [6, 6.07) is 1.61. The number of hydrogen-bond donors (Lipinski definition) is 4. The predicted octanol–water partition coefficient (Wildman–Crippen LogP) is -0.300. The predicted molar refractivity (Wildman–Crippen MR) is 70.3 cm³/mol. The Hall–Kier alpha value is -2.05. The number of guanidine groups is 1. The molecule has 0 aromatic carbocycles. The number of hydrogen-bond acceptors (Lipinski definition) is 3. The summed E-state index contributed by atoms with van der Waals surface area (Å²) in [7, 11) is 0. The van der Waals surface area contributed by atoms with Crippen molar-refractivity contribution in [1.29, 1.82) is 0 Å². The molecule has 0 aliphatic rings. The minimum absolute atomic E-state index is 0.188.